The van der Waals surface area contributed by atoms with Crippen LogP contribution < -0.4 is 16.6 Å². The van der Waals surface area contributed by atoms with E-state index in [2.05, 4.69) is 15.7 Å². The molecule has 20 heavy (non-hydrogen) atoms. The van der Waals surface area contributed by atoms with Crippen molar-refractivity contribution in [1.82, 2.24) is 4.98 Å². The van der Waals surface area contributed by atoms with Crippen molar-refractivity contribution in [1.29, 1.82) is 0 Å². The number of nitrogens with two attached hydrogens (primary N) is 1. The van der Waals surface area contributed by atoms with Gasteiger partial charge in [-0.2, -0.15) is 0 Å². The van der Waals surface area contributed by atoms with Crippen LogP contribution in [-0.4, -0.2) is 10.9 Å². The summed E-state index contributed by atoms with van der Waals surface area (Å²) in [5.74, 6) is 3.12. The summed E-state index contributed by atoms with van der Waals surface area (Å²) in [7, 11) is 0. The third-order valence-corrected chi connectivity index (χ3v) is 2.71. The molecular formula is C12H9ClF2N4O. The first-order valence-electron chi connectivity index (χ1n) is 5.40. The van der Waals surface area contributed by atoms with Gasteiger partial charge in [-0.3, -0.25) is 4.79 Å². The SMILES string of the molecule is NNc1ncc(C(=O)Nc2ccc(F)cc2F)cc1Cl. The van der Waals surface area contributed by atoms with Gasteiger partial charge in [0.25, 0.3) is 5.91 Å². The highest BCUT2D eigenvalue weighted by Gasteiger charge is 2.12. The Labute approximate surface area is 117 Å². The standard InChI is InChI=1S/C12H9ClF2N4O/c13-8-3-6(5-17-11(8)19-16)12(20)18-10-2-1-7(14)4-9(10)15/h1-5H,16H2,(H,17,19)(H,18,20). The molecule has 1 amide bonds. The summed E-state index contributed by atoms with van der Waals surface area (Å²) in [6.07, 6.45) is 1.22. The molecule has 0 saturated heterocycles. The van der Waals surface area contributed by atoms with Gasteiger partial charge >= 0.3 is 0 Å². The van der Waals surface area contributed by atoms with E-state index in [1.807, 2.05) is 0 Å². The minimum Gasteiger partial charge on any atom is -0.319 e. The van der Waals surface area contributed by atoms with Gasteiger partial charge in [0.05, 0.1) is 16.3 Å². The van der Waals surface area contributed by atoms with E-state index in [0.29, 0.717) is 6.07 Å². The van der Waals surface area contributed by atoms with E-state index in [9.17, 15) is 13.6 Å². The van der Waals surface area contributed by atoms with Gasteiger partial charge in [-0.15, -0.1) is 0 Å². The lowest BCUT2D eigenvalue weighted by molar-refractivity contribution is 0.102. The van der Waals surface area contributed by atoms with Crippen LogP contribution in [0.15, 0.2) is 30.5 Å². The molecule has 0 fully saturated rings. The smallest absolute Gasteiger partial charge is 0.257 e. The van der Waals surface area contributed by atoms with Crippen LogP contribution in [0.25, 0.3) is 0 Å². The first-order valence-corrected chi connectivity index (χ1v) is 5.77. The van der Waals surface area contributed by atoms with Crippen LogP contribution in [0.3, 0.4) is 0 Å². The molecule has 0 aliphatic heterocycles. The van der Waals surface area contributed by atoms with Crippen molar-refractivity contribution in [3.05, 3.63) is 52.7 Å². The fourth-order valence-corrected chi connectivity index (χ4v) is 1.67. The molecular weight excluding hydrogens is 290 g/mol. The number of hydrogen-bond donors (Lipinski definition) is 3. The van der Waals surface area contributed by atoms with E-state index in [1.54, 1.807) is 0 Å². The number of benzene rings is 1. The zero-order valence-corrected chi connectivity index (χ0v) is 10.7. The number of pyridine rings is 1. The summed E-state index contributed by atoms with van der Waals surface area (Å²) in [6.45, 7) is 0. The highest BCUT2D eigenvalue weighted by atomic mass is 35.5. The van der Waals surface area contributed by atoms with Gasteiger partial charge in [0.15, 0.2) is 5.82 Å². The normalized spacial score (nSPS) is 10.2. The fraction of sp³-hybridized carbons (Fsp3) is 0. The number of nitrogens with one attached hydrogen (secondary N) is 2. The summed E-state index contributed by atoms with van der Waals surface area (Å²) in [5.41, 5.74) is 2.21. The van der Waals surface area contributed by atoms with Gasteiger partial charge in [0.2, 0.25) is 0 Å². The second kappa shape index (κ2) is 5.81. The largest absolute Gasteiger partial charge is 0.319 e. The Morgan fingerprint density at radius 3 is 2.65 bits per heavy atom. The number of nitrogen functional groups attached to an aromatic ring is 1. The van der Waals surface area contributed by atoms with E-state index < -0.39 is 17.5 Å². The van der Waals surface area contributed by atoms with E-state index in [0.717, 1.165) is 12.1 Å². The Kier molecular flexibility index (Phi) is 4.11. The third-order valence-electron chi connectivity index (χ3n) is 2.42. The van der Waals surface area contributed by atoms with E-state index in [1.165, 1.54) is 12.3 Å². The van der Waals surface area contributed by atoms with Crippen LogP contribution >= 0.6 is 11.6 Å². The van der Waals surface area contributed by atoms with Crippen molar-refractivity contribution in [3.8, 4) is 0 Å². The van der Waals surface area contributed by atoms with Gasteiger partial charge < -0.3 is 10.7 Å². The minimum absolute atomic E-state index is 0.109. The average molecular weight is 299 g/mol. The Hall–Kier alpha value is -2.25. The van der Waals surface area contributed by atoms with Gasteiger partial charge in [-0.05, 0) is 18.2 Å². The molecule has 0 saturated carbocycles. The molecule has 0 radical (unpaired) electrons. The third kappa shape index (κ3) is 3.01. The first kappa shape index (κ1) is 14.2. The van der Waals surface area contributed by atoms with Gasteiger partial charge in [-0.25, -0.2) is 19.6 Å². The number of nitrogens with zero attached hydrogens (tertiary/aromatic N) is 1. The lowest BCUT2D eigenvalue weighted by Crippen LogP contribution is -2.15. The minimum atomic E-state index is -0.877. The lowest BCUT2D eigenvalue weighted by Gasteiger charge is -2.08. The molecule has 104 valence electrons. The Bertz CT molecular complexity index is 666. The zero-order valence-electron chi connectivity index (χ0n) is 9.95. The molecule has 8 heteroatoms. The van der Waals surface area contributed by atoms with E-state index >= 15 is 0 Å². The maximum absolute atomic E-state index is 13.4. The van der Waals surface area contributed by atoms with Crippen molar-refractivity contribution in [3.63, 3.8) is 0 Å². The average Bonchev–Trinajstić information content (AvgIpc) is 2.41. The number of carbonyl (C=O) groups is 1. The predicted molar refractivity (Wildman–Crippen MR) is 71.4 cm³/mol. The predicted octanol–water partition coefficient (Wildman–Crippen LogP) is 2.55. The second-order valence-electron chi connectivity index (χ2n) is 3.78. The number of amides is 1. The van der Waals surface area contributed by atoms with Crippen molar-refractivity contribution in [2.24, 2.45) is 5.84 Å². The Morgan fingerprint density at radius 1 is 1.30 bits per heavy atom. The summed E-state index contributed by atoms with van der Waals surface area (Å²) < 4.78 is 26.1. The maximum atomic E-state index is 13.4. The van der Waals surface area contributed by atoms with Crippen molar-refractivity contribution in [2.75, 3.05) is 10.7 Å². The van der Waals surface area contributed by atoms with Gasteiger partial charge in [0.1, 0.15) is 11.6 Å². The summed E-state index contributed by atoms with van der Waals surface area (Å²) in [4.78, 5) is 15.7. The van der Waals surface area contributed by atoms with Crippen molar-refractivity contribution in [2.45, 2.75) is 0 Å². The van der Waals surface area contributed by atoms with Crippen LogP contribution in [0.4, 0.5) is 20.3 Å². The summed E-state index contributed by atoms with van der Waals surface area (Å²) in [5, 5.41) is 2.43. The van der Waals surface area contributed by atoms with Gasteiger partial charge in [0, 0.05) is 12.3 Å². The molecule has 2 rings (SSSR count). The number of aromatic nitrogens is 1. The molecule has 0 aliphatic rings. The quantitative estimate of drug-likeness (QED) is 0.601. The molecule has 1 aromatic carbocycles. The Morgan fingerprint density at radius 2 is 2.05 bits per heavy atom. The molecule has 0 aliphatic carbocycles. The number of rotatable bonds is 3. The highest BCUT2D eigenvalue weighted by Crippen LogP contribution is 2.20. The molecule has 1 aromatic heterocycles. The summed E-state index contributed by atoms with van der Waals surface area (Å²) in [6, 6.07) is 4.14. The fourth-order valence-electron chi connectivity index (χ4n) is 1.45. The lowest BCUT2D eigenvalue weighted by atomic mass is 10.2. The van der Waals surface area contributed by atoms with Crippen LogP contribution in [0, 0.1) is 11.6 Å². The zero-order chi connectivity index (χ0) is 14.7. The van der Waals surface area contributed by atoms with Gasteiger partial charge in [-0.1, -0.05) is 11.6 Å². The highest BCUT2D eigenvalue weighted by molar-refractivity contribution is 6.33. The molecule has 4 N–H and O–H groups in total. The van der Waals surface area contributed by atoms with E-state index in [-0.39, 0.29) is 22.1 Å². The topological polar surface area (TPSA) is 80.0 Å². The van der Waals surface area contributed by atoms with Crippen molar-refractivity contribution >= 4 is 29.0 Å². The van der Waals surface area contributed by atoms with Crippen LogP contribution in [0.5, 0.6) is 0 Å². The first-order chi connectivity index (χ1) is 9.51. The maximum Gasteiger partial charge on any atom is 0.257 e. The second-order valence-corrected chi connectivity index (χ2v) is 4.18. The van der Waals surface area contributed by atoms with Crippen LogP contribution in [-0.2, 0) is 0 Å². The number of carbonyl (C=O) groups excluding carboxylic acids is 1. The molecule has 0 atom stereocenters. The Balaban J connectivity index is 2.21. The monoisotopic (exact) mass is 298 g/mol. The van der Waals surface area contributed by atoms with Crippen LogP contribution in [0.2, 0.25) is 5.02 Å². The van der Waals surface area contributed by atoms with Crippen molar-refractivity contribution < 1.29 is 13.6 Å². The molecule has 0 spiro atoms. The molecule has 0 unspecified atom stereocenters. The molecule has 5 nitrogen and oxygen atoms in total. The number of hydrazine groups is 1. The van der Waals surface area contributed by atoms with Crippen LogP contribution in [0.1, 0.15) is 10.4 Å². The van der Waals surface area contributed by atoms with E-state index in [4.69, 9.17) is 17.4 Å². The number of hydrogen-bond acceptors (Lipinski definition) is 4. The number of anilines is 2. The molecule has 2 aromatic rings. The number of halogens is 3. The molecule has 1 heterocycles. The molecule has 0 bridgehead atoms. The summed E-state index contributed by atoms with van der Waals surface area (Å²) >= 11 is 5.82.